The van der Waals surface area contributed by atoms with Gasteiger partial charge in [0.25, 0.3) is 0 Å². The van der Waals surface area contributed by atoms with Gasteiger partial charge in [0.2, 0.25) is 0 Å². The third-order valence-corrected chi connectivity index (χ3v) is 2.55. The second-order valence-corrected chi connectivity index (χ2v) is 3.31. The fraction of sp³-hybridized carbons (Fsp3) is 0.778. The van der Waals surface area contributed by atoms with Crippen LogP contribution in [0.25, 0.3) is 0 Å². The lowest BCUT2D eigenvalue weighted by Crippen LogP contribution is -2.28. The molecule has 0 aromatic carbocycles. The van der Waals surface area contributed by atoms with Crippen molar-refractivity contribution in [3.63, 3.8) is 0 Å². The number of hydrogen-bond donors (Lipinski definition) is 0. The maximum absolute atomic E-state index is 5.74. The van der Waals surface area contributed by atoms with E-state index in [2.05, 4.69) is 12.2 Å². The van der Waals surface area contributed by atoms with Gasteiger partial charge in [0.15, 0.2) is 0 Å². The van der Waals surface area contributed by atoms with E-state index in [1.54, 1.807) is 0 Å². The molecule has 1 aliphatic carbocycles. The largest absolute Gasteiger partial charge is 0.371 e. The third kappa shape index (κ3) is 0.988. The average molecular weight is 138 g/mol. The van der Waals surface area contributed by atoms with Crippen molar-refractivity contribution >= 4 is 0 Å². The van der Waals surface area contributed by atoms with Crippen molar-refractivity contribution in [2.75, 3.05) is 6.61 Å². The summed E-state index contributed by atoms with van der Waals surface area (Å²) in [4.78, 5) is 0. The van der Waals surface area contributed by atoms with Crippen LogP contribution in [0.4, 0.5) is 0 Å². The van der Waals surface area contributed by atoms with E-state index in [0.29, 0.717) is 0 Å². The smallest absolute Gasteiger partial charge is 0.0862 e. The second kappa shape index (κ2) is 2.39. The summed E-state index contributed by atoms with van der Waals surface area (Å²) in [5, 5.41) is 0. The van der Waals surface area contributed by atoms with Crippen molar-refractivity contribution < 1.29 is 4.74 Å². The number of hydrogen-bond acceptors (Lipinski definition) is 1. The van der Waals surface area contributed by atoms with E-state index in [9.17, 15) is 0 Å². The van der Waals surface area contributed by atoms with E-state index in [1.165, 1.54) is 25.7 Å². The Balaban J connectivity index is 2.11. The summed E-state index contributed by atoms with van der Waals surface area (Å²) in [5.74, 6) is 0. The molecule has 56 valence electrons. The van der Waals surface area contributed by atoms with Crippen LogP contribution in [0.5, 0.6) is 0 Å². The summed E-state index contributed by atoms with van der Waals surface area (Å²) in [6.07, 6.45) is 10.9. The van der Waals surface area contributed by atoms with Gasteiger partial charge in [0, 0.05) is 0 Å². The Labute approximate surface area is 62.1 Å². The molecule has 1 nitrogen and oxygen atoms in total. The van der Waals surface area contributed by atoms with Crippen molar-refractivity contribution in [1.82, 2.24) is 0 Å². The molecule has 2 aliphatic rings. The van der Waals surface area contributed by atoms with Crippen molar-refractivity contribution in [3.8, 4) is 0 Å². The molecule has 2 rings (SSSR count). The van der Waals surface area contributed by atoms with Gasteiger partial charge in [-0.1, -0.05) is 25.0 Å². The highest BCUT2D eigenvalue weighted by molar-refractivity contribution is 5.07. The highest BCUT2D eigenvalue weighted by Crippen LogP contribution is 2.36. The third-order valence-electron chi connectivity index (χ3n) is 2.55. The predicted molar refractivity (Wildman–Crippen MR) is 40.9 cm³/mol. The Bertz CT molecular complexity index is 143. The van der Waals surface area contributed by atoms with Gasteiger partial charge in [-0.15, -0.1) is 0 Å². The van der Waals surface area contributed by atoms with Crippen LogP contribution in [0, 0.1) is 0 Å². The summed E-state index contributed by atoms with van der Waals surface area (Å²) < 4.78 is 5.74. The van der Waals surface area contributed by atoms with Crippen LogP contribution >= 0.6 is 0 Å². The van der Waals surface area contributed by atoms with Crippen molar-refractivity contribution in [2.24, 2.45) is 0 Å². The van der Waals surface area contributed by atoms with Crippen LogP contribution in [0.1, 0.15) is 32.1 Å². The minimum absolute atomic E-state index is 0.193. The Morgan fingerprint density at radius 2 is 2.00 bits per heavy atom. The van der Waals surface area contributed by atoms with Gasteiger partial charge in [-0.25, -0.2) is 0 Å². The SMILES string of the molecule is C1=CC2(CCCC2)OCC1. The zero-order valence-electron chi connectivity index (χ0n) is 6.31. The molecule has 0 saturated heterocycles. The molecule has 0 bridgehead atoms. The van der Waals surface area contributed by atoms with Crippen molar-refractivity contribution in [1.29, 1.82) is 0 Å². The molecule has 1 spiro atoms. The van der Waals surface area contributed by atoms with E-state index in [-0.39, 0.29) is 5.60 Å². The molecule has 0 aromatic heterocycles. The van der Waals surface area contributed by atoms with Crippen LogP contribution in [-0.4, -0.2) is 12.2 Å². The van der Waals surface area contributed by atoms with E-state index < -0.39 is 0 Å². The maximum atomic E-state index is 5.74. The van der Waals surface area contributed by atoms with Gasteiger partial charge >= 0.3 is 0 Å². The van der Waals surface area contributed by atoms with Crippen LogP contribution < -0.4 is 0 Å². The summed E-state index contributed by atoms with van der Waals surface area (Å²) in [6.45, 7) is 0.941. The summed E-state index contributed by atoms with van der Waals surface area (Å²) in [5.41, 5.74) is 0.193. The number of rotatable bonds is 0. The Kier molecular flexibility index (Phi) is 1.53. The first-order chi connectivity index (χ1) is 4.91. The molecule has 0 amide bonds. The number of ether oxygens (including phenoxy) is 1. The lowest BCUT2D eigenvalue weighted by molar-refractivity contribution is -0.00864. The van der Waals surface area contributed by atoms with Crippen LogP contribution in [0.15, 0.2) is 12.2 Å². The van der Waals surface area contributed by atoms with Crippen LogP contribution in [-0.2, 0) is 4.74 Å². The van der Waals surface area contributed by atoms with Gasteiger partial charge in [0.1, 0.15) is 0 Å². The minimum atomic E-state index is 0.193. The van der Waals surface area contributed by atoms with Gasteiger partial charge in [-0.05, 0) is 19.3 Å². The Hall–Kier alpha value is -0.300. The lowest BCUT2D eigenvalue weighted by Gasteiger charge is -2.28. The molecule has 10 heavy (non-hydrogen) atoms. The molecule has 0 radical (unpaired) electrons. The highest BCUT2D eigenvalue weighted by atomic mass is 16.5. The van der Waals surface area contributed by atoms with E-state index in [4.69, 9.17) is 4.74 Å². The molecular weight excluding hydrogens is 124 g/mol. The Morgan fingerprint density at radius 3 is 2.60 bits per heavy atom. The standard InChI is InChI=1S/C9H14O/c1-2-6-9(5-1)7-3-4-8-10-9/h3,7H,1-2,4-6,8H2. The van der Waals surface area contributed by atoms with Gasteiger partial charge in [0.05, 0.1) is 12.2 Å². The second-order valence-electron chi connectivity index (χ2n) is 3.31. The van der Waals surface area contributed by atoms with Gasteiger partial charge in [-0.3, -0.25) is 0 Å². The van der Waals surface area contributed by atoms with Gasteiger partial charge in [-0.2, -0.15) is 0 Å². The summed E-state index contributed by atoms with van der Waals surface area (Å²) in [7, 11) is 0. The first kappa shape index (κ1) is 6.41. The molecule has 0 aromatic rings. The van der Waals surface area contributed by atoms with Crippen LogP contribution in [0.3, 0.4) is 0 Å². The zero-order chi connectivity index (χ0) is 6.86. The van der Waals surface area contributed by atoms with E-state index >= 15 is 0 Å². The normalized spacial score (nSPS) is 29.6. The molecule has 1 heteroatoms. The molecule has 1 heterocycles. The summed E-state index contributed by atoms with van der Waals surface area (Å²) >= 11 is 0. The predicted octanol–water partition coefficient (Wildman–Crippen LogP) is 2.28. The monoisotopic (exact) mass is 138 g/mol. The van der Waals surface area contributed by atoms with Crippen molar-refractivity contribution in [3.05, 3.63) is 12.2 Å². The zero-order valence-corrected chi connectivity index (χ0v) is 6.31. The average Bonchev–Trinajstić information content (AvgIpc) is 2.39. The summed E-state index contributed by atoms with van der Waals surface area (Å²) in [6, 6.07) is 0. The quantitative estimate of drug-likeness (QED) is 0.466. The highest BCUT2D eigenvalue weighted by Gasteiger charge is 2.32. The topological polar surface area (TPSA) is 9.23 Å². The fourth-order valence-corrected chi connectivity index (χ4v) is 1.96. The molecule has 1 fully saturated rings. The molecule has 1 aliphatic heterocycles. The molecule has 0 unspecified atom stereocenters. The molecule has 1 saturated carbocycles. The fourth-order valence-electron chi connectivity index (χ4n) is 1.96. The van der Waals surface area contributed by atoms with E-state index in [0.717, 1.165) is 13.0 Å². The lowest BCUT2D eigenvalue weighted by atomic mass is 9.99. The van der Waals surface area contributed by atoms with E-state index in [1.807, 2.05) is 0 Å². The minimum Gasteiger partial charge on any atom is -0.371 e. The molecular formula is C9H14O. The van der Waals surface area contributed by atoms with Crippen LogP contribution in [0.2, 0.25) is 0 Å². The Morgan fingerprint density at radius 1 is 1.20 bits per heavy atom. The first-order valence-electron chi connectivity index (χ1n) is 4.23. The maximum Gasteiger partial charge on any atom is 0.0862 e. The molecule has 0 N–H and O–H groups in total. The molecule has 0 atom stereocenters. The van der Waals surface area contributed by atoms with Gasteiger partial charge < -0.3 is 4.74 Å². The first-order valence-corrected chi connectivity index (χ1v) is 4.23. The van der Waals surface area contributed by atoms with Crippen molar-refractivity contribution in [2.45, 2.75) is 37.7 Å².